The van der Waals surface area contributed by atoms with Crippen molar-refractivity contribution < 1.29 is 26.3 Å². The van der Waals surface area contributed by atoms with Gasteiger partial charge in [0.1, 0.15) is 6.33 Å². The van der Waals surface area contributed by atoms with Crippen LogP contribution in [0.4, 0.5) is 26.3 Å². The van der Waals surface area contributed by atoms with Crippen LogP contribution in [0.1, 0.15) is 16.7 Å². The standard InChI is InChI=1S/C34H21F6N5/c35-33(36,37)24-14-10-22(11-15-24)28-26-8-4-5-9-27(26)45(30(28)23-12-16-25(17-13-23)34(38,39)40)32-29-31(41-19-42-32)44(20-43-29)18-21-6-2-1-3-7-21/h1-17,19-20H,18H2. The van der Waals surface area contributed by atoms with Crippen molar-refractivity contribution in [3.8, 4) is 28.2 Å². The van der Waals surface area contributed by atoms with Gasteiger partial charge in [0.25, 0.3) is 0 Å². The minimum atomic E-state index is -4.55. The summed E-state index contributed by atoms with van der Waals surface area (Å²) in [6.07, 6.45) is -6.04. The minimum absolute atomic E-state index is 0.371. The van der Waals surface area contributed by atoms with Crippen LogP contribution in [0.25, 0.3) is 50.3 Å². The number of nitrogens with zero attached hydrogens (tertiary/aromatic N) is 5. The number of fused-ring (bicyclic) bond motifs is 2. The number of hydrogen-bond donors (Lipinski definition) is 0. The van der Waals surface area contributed by atoms with Crippen LogP contribution < -0.4 is 0 Å². The summed E-state index contributed by atoms with van der Waals surface area (Å²) in [5, 5.41) is 0.669. The van der Waals surface area contributed by atoms with Crippen LogP contribution in [-0.4, -0.2) is 24.1 Å². The largest absolute Gasteiger partial charge is 0.416 e. The van der Waals surface area contributed by atoms with Crippen molar-refractivity contribution in [1.29, 1.82) is 0 Å². The first kappa shape index (κ1) is 28.3. The predicted molar refractivity (Wildman–Crippen MR) is 159 cm³/mol. The van der Waals surface area contributed by atoms with Crippen LogP contribution in [0, 0.1) is 0 Å². The van der Waals surface area contributed by atoms with Crippen LogP contribution in [0.3, 0.4) is 0 Å². The summed E-state index contributed by atoms with van der Waals surface area (Å²) in [4.78, 5) is 13.7. The molecule has 5 nitrogen and oxygen atoms in total. The molecule has 0 aliphatic carbocycles. The molecule has 7 aromatic rings. The Morgan fingerprint density at radius 2 is 1.20 bits per heavy atom. The molecule has 45 heavy (non-hydrogen) atoms. The SMILES string of the molecule is FC(F)(F)c1ccc(-c2c(-c3ccc(C(F)(F)F)cc3)n(-c3ncnc4c3ncn4Cc3ccccc3)c3ccccc23)cc1. The van der Waals surface area contributed by atoms with Crippen LogP contribution in [0.15, 0.2) is 116 Å². The normalized spacial score (nSPS) is 12.3. The Kier molecular flexibility index (Phi) is 6.68. The van der Waals surface area contributed by atoms with Crippen molar-refractivity contribution in [3.63, 3.8) is 0 Å². The zero-order valence-electron chi connectivity index (χ0n) is 23.2. The van der Waals surface area contributed by atoms with E-state index in [-0.39, 0.29) is 0 Å². The van der Waals surface area contributed by atoms with Gasteiger partial charge in [-0.25, -0.2) is 15.0 Å². The van der Waals surface area contributed by atoms with Crippen molar-refractivity contribution in [1.82, 2.24) is 24.1 Å². The summed E-state index contributed by atoms with van der Waals surface area (Å²) in [5.41, 5.74) is 2.85. The molecule has 0 unspecified atom stereocenters. The number of benzene rings is 4. The maximum Gasteiger partial charge on any atom is 0.416 e. The summed E-state index contributed by atoms with van der Waals surface area (Å²) >= 11 is 0. The Balaban J connectivity index is 1.50. The summed E-state index contributed by atoms with van der Waals surface area (Å²) in [6, 6.07) is 26.4. The highest BCUT2D eigenvalue weighted by Gasteiger charge is 2.32. The van der Waals surface area contributed by atoms with E-state index in [1.54, 1.807) is 23.0 Å². The summed E-state index contributed by atoms with van der Waals surface area (Å²) in [6.45, 7) is 0.489. The van der Waals surface area contributed by atoms with Gasteiger partial charge in [-0.3, -0.25) is 4.57 Å². The van der Waals surface area contributed by atoms with Gasteiger partial charge in [0.05, 0.1) is 35.2 Å². The number of hydrogen-bond acceptors (Lipinski definition) is 3. The van der Waals surface area contributed by atoms with Crippen molar-refractivity contribution in [2.45, 2.75) is 18.9 Å². The second-order valence-corrected chi connectivity index (χ2v) is 10.5. The Morgan fingerprint density at radius 1 is 0.600 bits per heavy atom. The lowest BCUT2D eigenvalue weighted by atomic mass is 9.97. The first-order valence-corrected chi connectivity index (χ1v) is 13.8. The van der Waals surface area contributed by atoms with Gasteiger partial charge < -0.3 is 4.57 Å². The molecule has 0 spiro atoms. The molecule has 3 heterocycles. The fourth-order valence-electron chi connectivity index (χ4n) is 5.60. The van der Waals surface area contributed by atoms with Gasteiger partial charge in [0.2, 0.25) is 0 Å². The number of alkyl halides is 6. The molecule has 3 aromatic heterocycles. The van der Waals surface area contributed by atoms with E-state index in [0.717, 1.165) is 29.8 Å². The Labute approximate surface area is 252 Å². The molecule has 0 radical (unpaired) electrons. The molecule has 0 aliphatic heterocycles. The smallest absolute Gasteiger partial charge is 0.311 e. The fraction of sp³-hybridized carbons (Fsp3) is 0.0882. The maximum absolute atomic E-state index is 13.5. The Morgan fingerprint density at radius 3 is 1.84 bits per heavy atom. The molecular formula is C34H21F6N5. The van der Waals surface area contributed by atoms with E-state index in [2.05, 4.69) is 15.0 Å². The quantitative estimate of drug-likeness (QED) is 0.182. The molecule has 0 amide bonds. The molecule has 0 fully saturated rings. The number of para-hydroxylation sites is 1. The molecule has 11 heteroatoms. The number of aromatic nitrogens is 5. The third-order valence-electron chi connectivity index (χ3n) is 7.65. The molecule has 0 saturated heterocycles. The zero-order valence-corrected chi connectivity index (χ0v) is 23.2. The molecule has 0 saturated carbocycles. The third kappa shape index (κ3) is 5.09. The number of halogens is 6. The second kappa shape index (κ2) is 10.6. The first-order chi connectivity index (χ1) is 21.6. The summed E-state index contributed by atoms with van der Waals surface area (Å²) < 4.78 is 84.6. The maximum atomic E-state index is 13.5. The highest BCUT2D eigenvalue weighted by Crippen LogP contribution is 2.44. The molecule has 0 bridgehead atoms. The van der Waals surface area contributed by atoms with Crippen LogP contribution >= 0.6 is 0 Å². The molecule has 224 valence electrons. The average molecular weight is 614 g/mol. The van der Waals surface area contributed by atoms with E-state index in [0.29, 0.717) is 56.8 Å². The number of rotatable bonds is 5. The van der Waals surface area contributed by atoms with E-state index in [4.69, 9.17) is 0 Å². The van der Waals surface area contributed by atoms with E-state index in [1.165, 1.54) is 30.6 Å². The molecule has 0 N–H and O–H groups in total. The average Bonchev–Trinajstić information content (AvgIpc) is 3.60. The Bertz CT molecular complexity index is 2140. The van der Waals surface area contributed by atoms with E-state index in [9.17, 15) is 26.3 Å². The highest BCUT2D eigenvalue weighted by atomic mass is 19.4. The molecule has 0 aliphatic rings. The van der Waals surface area contributed by atoms with Gasteiger partial charge >= 0.3 is 12.4 Å². The molecule has 7 rings (SSSR count). The van der Waals surface area contributed by atoms with Crippen molar-refractivity contribution in [2.24, 2.45) is 0 Å². The van der Waals surface area contributed by atoms with Crippen molar-refractivity contribution in [3.05, 3.63) is 132 Å². The Hall–Kier alpha value is -5.45. The van der Waals surface area contributed by atoms with Crippen molar-refractivity contribution >= 4 is 22.1 Å². The van der Waals surface area contributed by atoms with E-state index < -0.39 is 23.5 Å². The van der Waals surface area contributed by atoms with Gasteiger partial charge in [-0.15, -0.1) is 0 Å². The van der Waals surface area contributed by atoms with Gasteiger partial charge in [0, 0.05) is 10.9 Å². The predicted octanol–water partition coefficient (Wildman–Crippen LogP) is 9.19. The van der Waals surface area contributed by atoms with Crippen LogP contribution in [-0.2, 0) is 18.9 Å². The second-order valence-electron chi connectivity index (χ2n) is 10.5. The lowest BCUT2D eigenvalue weighted by molar-refractivity contribution is -0.138. The summed E-state index contributed by atoms with van der Waals surface area (Å²) in [5.74, 6) is 0.371. The van der Waals surface area contributed by atoms with Gasteiger partial charge in [0.15, 0.2) is 17.0 Å². The zero-order chi connectivity index (χ0) is 31.3. The monoisotopic (exact) mass is 613 g/mol. The number of imidazole rings is 1. The third-order valence-corrected chi connectivity index (χ3v) is 7.65. The first-order valence-electron chi connectivity index (χ1n) is 13.8. The van der Waals surface area contributed by atoms with Gasteiger partial charge in [-0.05, 0) is 47.0 Å². The van der Waals surface area contributed by atoms with Crippen LogP contribution in [0.5, 0.6) is 0 Å². The molecular weight excluding hydrogens is 592 g/mol. The molecule has 4 aromatic carbocycles. The molecule has 0 atom stereocenters. The fourth-order valence-corrected chi connectivity index (χ4v) is 5.60. The van der Waals surface area contributed by atoms with Crippen LogP contribution in [0.2, 0.25) is 0 Å². The van der Waals surface area contributed by atoms with E-state index in [1.807, 2.05) is 47.0 Å². The van der Waals surface area contributed by atoms with Gasteiger partial charge in [-0.2, -0.15) is 26.3 Å². The minimum Gasteiger partial charge on any atom is -0.311 e. The van der Waals surface area contributed by atoms with Gasteiger partial charge in [-0.1, -0.05) is 72.8 Å². The summed E-state index contributed by atoms with van der Waals surface area (Å²) in [7, 11) is 0. The van der Waals surface area contributed by atoms with E-state index >= 15 is 0 Å². The van der Waals surface area contributed by atoms with Crippen molar-refractivity contribution in [2.75, 3.05) is 0 Å². The topological polar surface area (TPSA) is 48.5 Å². The lowest BCUT2D eigenvalue weighted by Crippen LogP contribution is -2.06. The lowest BCUT2D eigenvalue weighted by Gasteiger charge is -2.14. The highest BCUT2D eigenvalue weighted by molar-refractivity contribution is 6.06.